The summed E-state index contributed by atoms with van der Waals surface area (Å²) >= 11 is 4.79. The molecular weight excluding hydrogens is 452 g/mol. The lowest BCUT2D eigenvalue weighted by Crippen LogP contribution is -2.14. The monoisotopic (exact) mass is 472 g/mol. The molecule has 0 bridgehead atoms. The van der Waals surface area contributed by atoms with Gasteiger partial charge in [0, 0.05) is 16.7 Å². The van der Waals surface area contributed by atoms with Crippen LogP contribution in [0.3, 0.4) is 0 Å². The normalized spacial score (nSPS) is 10.6. The highest BCUT2D eigenvalue weighted by atomic mass is 79.9. The van der Waals surface area contributed by atoms with Crippen LogP contribution in [-0.2, 0) is 11.3 Å². The van der Waals surface area contributed by atoms with E-state index in [-0.39, 0.29) is 11.7 Å². The summed E-state index contributed by atoms with van der Waals surface area (Å²) in [5.41, 5.74) is 2.66. The van der Waals surface area contributed by atoms with E-state index in [4.69, 9.17) is 4.74 Å². The molecule has 6 nitrogen and oxygen atoms in total. The molecule has 0 saturated heterocycles. The van der Waals surface area contributed by atoms with Gasteiger partial charge in [-0.3, -0.25) is 9.36 Å². The standard InChI is InChI=1S/C21H21BrN4O2S/c1-4-11-26-20(16-7-5-6-8-18(16)28-3)24-25-21(26)29-13-19(27)23-15-9-10-17(22)14(2)12-15/h4-10,12H,1,11,13H2,2-3H3,(H,23,27). The number of rotatable bonds is 8. The number of halogens is 1. The van der Waals surface area contributed by atoms with Crippen molar-refractivity contribution in [3.8, 4) is 17.1 Å². The molecule has 1 N–H and O–H groups in total. The molecule has 8 heteroatoms. The van der Waals surface area contributed by atoms with Gasteiger partial charge in [-0.2, -0.15) is 0 Å². The van der Waals surface area contributed by atoms with E-state index in [1.165, 1.54) is 11.8 Å². The number of ether oxygens (including phenoxy) is 1. The fourth-order valence-electron chi connectivity index (χ4n) is 2.77. The number of benzene rings is 2. The van der Waals surface area contributed by atoms with Crippen LogP contribution in [0.5, 0.6) is 5.75 Å². The van der Waals surface area contributed by atoms with Crippen molar-refractivity contribution in [1.82, 2.24) is 14.8 Å². The number of nitrogens with one attached hydrogen (secondary N) is 1. The number of aromatic nitrogens is 3. The zero-order chi connectivity index (χ0) is 20.8. The Morgan fingerprint density at radius 3 is 2.83 bits per heavy atom. The Kier molecular flexibility index (Phi) is 7.11. The van der Waals surface area contributed by atoms with Gasteiger partial charge in [-0.25, -0.2) is 0 Å². The van der Waals surface area contributed by atoms with Crippen LogP contribution in [0.1, 0.15) is 5.56 Å². The molecule has 1 aromatic heterocycles. The summed E-state index contributed by atoms with van der Waals surface area (Å²) in [6.07, 6.45) is 1.77. The van der Waals surface area contributed by atoms with Gasteiger partial charge in [0.1, 0.15) is 5.75 Å². The van der Waals surface area contributed by atoms with Gasteiger partial charge < -0.3 is 10.1 Å². The molecule has 2 aromatic carbocycles. The lowest BCUT2D eigenvalue weighted by molar-refractivity contribution is -0.113. The number of thioether (sulfide) groups is 1. The lowest BCUT2D eigenvalue weighted by atomic mass is 10.2. The van der Waals surface area contributed by atoms with E-state index < -0.39 is 0 Å². The first kappa shape index (κ1) is 21.1. The molecule has 0 aliphatic carbocycles. The van der Waals surface area contributed by atoms with Gasteiger partial charge in [-0.15, -0.1) is 16.8 Å². The Bertz CT molecular complexity index is 1040. The van der Waals surface area contributed by atoms with Crippen molar-refractivity contribution in [3.63, 3.8) is 0 Å². The van der Waals surface area contributed by atoms with Crippen LogP contribution in [0.25, 0.3) is 11.4 Å². The largest absolute Gasteiger partial charge is 0.496 e. The molecule has 1 amide bonds. The zero-order valence-corrected chi connectivity index (χ0v) is 18.6. The number of anilines is 1. The number of para-hydroxylation sites is 1. The highest BCUT2D eigenvalue weighted by Gasteiger charge is 2.17. The SMILES string of the molecule is C=CCn1c(SCC(=O)Nc2ccc(Br)c(C)c2)nnc1-c1ccccc1OC. The van der Waals surface area contributed by atoms with Gasteiger partial charge in [0.05, 0.1) is 18.4 Å². The van der Waals surface area contributed by atoms with Gasteiger partial charge in [0.25, 0.3) is 0 Å². The summed E-state index contributed by atoms with van der Waals surface area (Å²) in [7, 11) is 1.62. The number of carbonyl (C=O) groups excluding carboxylic acids is 1. The molecule has 0 aliphatic rings. The quantitative estimate of drug-likeness (QED) is 0.371. The van der Waals surface area contributed by atoms with E-state index in [0.717, 1.165) is 21.3 Å². The van der Waals surface area contributed by atoms with Crippen LogP contribution in [0.4, 0.5) is 5.69 Å². The van der Waals surface area contributed by atoms with E-state index in [1.807, 2.05) is 54.0 Å². The van der Waals surface area contributed by atoms with Gasteiger partial charge in [-0.1, -0.05) is 45.9 Å². The average molecular weight is 473 g/mol. The Morgan fingerprint density at radius 1 is 1.31 bits per heavy atom. The van der Waals surface area contributed by atoms with Crippen LogP contribution in [-0.4, -0.2) is 33.5 Å². The molecule has 29 heavy (non-hydrogen) atoms. The average Bonchev–Trinajstić information content (AvgIpc) is 3.12. The van der Waals surface area contributed by atoms with Gasteiger partial charge in [-0.05, 0) is 42.8 Å². The van der Waals surface area contributed by atoms with Crippen LogP contribution in [0, 0.1) is 6.92 Å². The number of carbonyl (C=O) groups is 1. The van der Waals surface area contributed by atoms with Gasteiger partial charge in [0.15, 0.2) is 11.0 Å². The number of aryl methyl sites for hydroxylation is 1. The van der Waals surface area contributed by atoms with Crippen molar-refractivity contribution in [2.75, 3.05) is 18.2 Å². The first-order valence-corrected chi connectivity index (χ1v) is 10.7. The summed E-state index contributed by atoms with van der Waals surface area (Å²) in [5.74, 6) is 1.50. The van der Waals surface area contributed by atoms with E-state index in [9.17, 15) is 4.79 Å². The van der Waals surface area contributed by atoms with Crippen molar-refractivity contribution in [2.45, 2.75) is 18.6 Å². The topological polar surface area (TPSA) is 69.0 Å². The lowest BCUT2D eigenvalue weighted by Gasteiger charge is -2.11. The van der Waals surface area contributed by atoms with Crippen molar-refractivity contribution in [1.29, 1.82) is 0 Å². The summed E-state index contributed by atoms with van der Waals surface area (Å²) in [4.78, 5) is 12.4. The minimum absolute atomic E-state index is 0.108. The van der Waals surface area contributed by atoms with E-state index in [1.54, 1.807) is 13.2 Å². The van der Waals surface area contributed by atoms with Gasteiger partial charge in [0.2, 0.25) is 5.91 Å². The second kappa shape index (κ2) is 9.76. The number of hydrogen-bond acceptors (Lipinski definition) is 5. The minimum atomic E-state index is -0.108. The maximum absolute atomic E-state index is 12.4. The summed E-state index contributed by atoms with van der Waals surface area (Å²) in [5, 5.41) is 12.2. The van der Waals surface area contributed by atoms with E-state index in [0.29, 0.717) is 23.3 Å². The van der Waals surface area contributed by atoms with Crippen molar-refractivity contribution in [3.05, 3.63) is 65.2 Å². The van der Waals surface area contributed by atoms with Crippen LogP contribution < -0.4 is 10.1 Å². The zero-order valence-electron chi connectivity index (χ0n) is 16.2. The second-order valence-corrected chi connectivity index (χ2v) is 8.00. The first-order valence-electron chi connectivity index (χ1n) is 8.89. The number of methoxy groups -OCH3 is 1. The minimum Gasteiger partial charge on any atom is -0.496 e. The summed E-state index contributed by atoms with van der Waals surface area (Å²) in [6, 6.07) is 13.3. The highest BCUT2D eigenvalue weighted by Crippen LogP contribution is 2.31. The van der Waals surface area contributed by atoms with Crippen LogP contribution in [0.2, 0.25) is 0 Å². The maximum Gasteiger partial charge on any atom is 0.234 e. The predicted octanol–water partition coefficient (Wildman–Crippen LogP) is 4.94. The molecular formula is C21H21BrN4O2S. The molecule has 1 heterocycles. The molecule has 0 unspecified atom stereocenters. The molecule has 0 spiro atoms. The fourth-order valence-corrected chi connectivity index (χ4v) is 3.76. The fraction of sp³-hybridized carbons (Fsp3) is 0.190. The number of nitrogens with zero attached hydrogens (tertiary/aromatic N) is 3. The molecule has 0 fully saturated rings. The number of amides is 1. The highest BCUT2D eigenvalue weighted by molar-refractivity contribution is 9.10. The number of hydrogen-bond donors (Lipinski definition) is 1. The van der Waals surface area contributed by atoms with Crippen LogP contribution in [0.15, 0.2) is 64.7 Å². The molecule has 3 aromatic rings. The van der Waals surface area contributed by atoms with E-state index in [2.05, 4.69) is 38.0 Å². The van der Waals surface area contributed by atoms with Crippen LogP contribution >= 0.6 is 27.7 Å². The third kappa shape index (κ3) is 5.07. The molecule has 3 rings (SSSR count). The summed E-state index contributed by atoms with van der Waals surface area (Å²) in [6.45, 7) is 6.32. The van der Waals surface area contributed by atoms with Crippen molar-refractivity contribution < 1.29 is 9.53 Å². The number of allylic oxidation sites excluding steroid dienone is 1. The Morgan fingerprint density at radius 2 is 2.10 bits per heavy atom. The third-order valence-corrected chi connectivity index (χ3v) is 6.01. The first-order chi connectivity index (χ1) is 14.0. The summed E-state index contributed by atoms with van der Waals surface area (Å²) < 4.78 is 8.37. The van der Waals surface area contributed by atoms with Gasteiger partial charge >= 0.3 is 0 Å². The maximum atomic E-state index is 12.4. The molecule has 0 radical (unpaired) electrons. The van der Waals surface area contributed by atoms with Crippen molar-refractivity contribution in [2.24, 2.45) is 0 Å². The molecule has 0 atom stereocenters. The molecule has 0 aliphatic heterocycles. The van der Waals surface area contributed by atoms with E-state index >= 15 is 0 Å². The Balaban J connectivity index is 1.75. The Labute approximate surface area is 182 Å². The smallest absolute Gasteiger partial charge is 0.234 e. The van der Waals surface area contributed by atoms with Crippen molar-refractivity contribution >= 4 is 39.3 Å². The molecule has 150 valence electrons. The molecule has 0 saturated carbocycles. The third-order valence-electron chi connectivity index (χ3n) is 4.15. The Hall–Kier alpha value is -2.58. The predicted molar refractivity (Wildman–Crippen MR) is 120 cm³/mol. The second-order valence-electron chi connectivity index (χ2n) is 6.21.